The van der Waals surface area contributed by atoms with Gasteiger partial charge in [0, 0.05) is 31.3 Å². The third-order valence-electron chi connectivity index (χ3n) is 4.28. The van der Waals surface area contributed by atoms with E-state index in [-0.39, 0.29) is 24.4 Å². The van der Waals surface area contributed by atoms with Crippen LogP contribution in [0.1, 0.15) is 38.3 Å². The molecular formula is C19H24N6O2. The number of imidazole rings is 2. The van der Waals surface area contributed by atoms with Crippen molar-refractivity contribution in [1.29, 1.82) is 0 Å². The summed E-state index contributed by atoms with van der Waals surface area (Å²) in [6, 6.07) is 7.42. The Morgan fingerprint density at radius 2 is 2.04 bits per heavy atom. The summed E-state index contributed by atoms with van der Waals surface area (Å²) in [5.74, 6) is 0.258. The quantitative estimate of drug-likeness (QED) is 0.590. The molecule has 2 amide bonds. The summed E-state index contributed by atoms with van der Waals surface area (Å²) in [6.07, 6.45) is 3.52. The number of hydrogen-bond donors (Lipinski definition) is 3. The average Bonchev–Trinajstić information content (AvgIpc) is 3.25. The Kier molecular flexibility index (Phi) is 5.54. The minimum atomic E-state index is -0.681. The smallest absolute Gasteiger partial charge is 0.243 e. The van der Waals surface area contributed by atoms with Crippen molar-refractivity contribution in [2.24, 2.45) is 0 Å². The lowest BCUT2D eigenvalue weighted by Gasteiger charge is -2.18. The molecule has 0 aliphatic heterocycles. The van der Waals surface area contributed by atoms with Gasteiger partial charge in [-0.25, -0.2) is 9.97 Å². The molecule has 2 aromatic heterocycles. The largest absolute Gasteiger partial charge is 0.348 e. The summed E-state index contributed by atoms with van der Waals surface area (Å²) < 4.78 is 2.11. The lowest BCUT2D eigenvalue weighted by atomic mass is 10.1. The Labute approximate surface area is 157 Å². The van der Waals surface area contributed by atoms with Crippen molar-refractivity contribution in [3.8, 4) is 0 Å². The number of aromatic amines is 1. The Morgan fingerprint density at radius 3 is 2.70 bits per heavy atom. The van der Waals surface area contributed by atoms with E-state index in [1.54, 1.807) is 12.5 Å². The predicted molar refractivity (Wildman–Crippen MR) is 102 cm³/mol. The molecule has 2 heterocycles. The molecule has 1 atom stereocenters. The lowest BCUT2D eigenvalue weighted by Crippen LogP contribution is -2.47. The minimum absolute atomic E-state index is 0.209. The minimum Gasteiger partial charge on any atom is -0.348 e. The fourth-order valence-electron chi connectivity index (χ4n) is 3.16. The number of H-pyrrole nitrogens is 1. The summed E-state index contributed by atoms with van der Waals surface area (Å²) in [5, 5.41) is 5.59. The zero-order valence-corrected chi connectivity index (χ0v) is 15.7. The van der Waals surface area contributed by atoms with E-state index >= 15 is 0 Å². The van der Waals surface area contributed by atoms with Crippen LogP contribution in [0.5, 0.6) is 0 Å². The van der Waals surface area contributed by atoms with Crippen LogP contribution in [0.4, 0.5) is 0 Å². The average molecular weight is 368 g/mol. The first-order chi connectivity index (χ1) is 13.0. The molecule has 27 heavy (non-hydrogen) atoms. The predicted octanol–water partition coefficient (Wildman–Crippen LogP) is 1.70. The number of fused-ring (bicyclic) bond motifs is 1. The van der Waals surface area contributed by atoms with E-state index in [0.29, 0.717) is 6.42 Å². The molecule has 3 rings (SSSR count). The van der Waals surface area contributed by atoms with Gasteiger partial charge in [0.25, 0.3) is 0 Å². The number of nitrogens with zero attached hydrogens (tertiary/aromatic N) is 3. The van der Waals surface area contributed by atoms with Gasteiger partial charge in [-0.2, -0.15) is 0 Å². The molecule has 1 aromatic carbocycles. The monoisotopic (exact) mass is 368 g/mol. The van der Waals surface area contributed by atoms with Crippen molar-refractivity contribution in [3.63, 3.8) is 0 Å². The molecule has 0 fully saturated rings. The summed E-state index contributed by atoms with van der Waals surface area (Å²) in [6.45, 7) is 5.84. The van der Waals surface area contributed by atoms with Crippen molar-refractivity contribution < 1.29 is 9.59 Å². The Morgan fingerprint density at radius 1 is 1.26 bits per heavy atom. The fraction of sp³-hybridized carbons (Fsp3) is 0.368. The normalized spacial score (nSPS) is 12.3. The fourth-order valence-corrected chi connectivity index (χ4v) is 3.16. The molecule has 3 N–H and O–H groups in total. The zero-order valence-electron chi connectivity index (χ0n) is 15.7. The van der Waals surface area contributed by atoms with Gasteiger partial charge >= 0.3 is 0 Å². The second kappa shape index (κ2) is 8.03. The van der Waals surface area contributed by atoms with E-state index in [0.717, 1.165) is 22.6 Å². The SMILES string of the molecule is CC(=O)N[C@@H](Cc1cnc[nH]1)C(=O)NCc1nc2ccccc2n1C(C)C. The van der Waals surface area contributed by atoms with Crippen LogP contribution in [0.2, 0.25) is 0 Å². The number of amides is 2. The van der Waals surface area contributed by atoms with Gasteiger partial charge in [-0.3, -0.25) is 9.59 Å². The van der Waals surface area contributed by atoms with Crippen LogP contribution in [0.15, 0.2) is 36.8 Å². The second-order valence-electron chi connectivity index (χ2n) is 6.73. The molecule has 0 spiro atoms. The van der Waals surface area contributed by atoms with Crippen LogP contribution in [0.3, 0.4) is 0 Å². The van der Waals surface area contributed by atoms with Crippen molar-refractivity contribution in [3.05, 3.63) is 48.3 Å². The summed E-state index contributed by atoms with van der Waals surface area (Å²) >= 11 is 0. The molecule has 3 aromatic rings. The van der Waals surface area contributed by atoms with Crippen molar-refractivity contribution in [1.82, 2.24) is 30.2 Å². The molecule has 0 saturated carbocycles. The molecular weight excluding hydrogens is 344 g/mol. The number of benzene rings is 1. The van der Waals surface area contributed by atoms with Crippen LogP contribution < -0.4 is 10.6 Å². The standard InChI is InChI=1S/C19H24N6O2/c1-12(2)25-17-7-5-4-6-15(17)24-18(25)10-21-19(27)16(23-13(3)26)8-14-9-20-11-22-14/h4-7,9,11-12,16H,8,10H2,1-3H3,(H,20,22)(H,21,27)(H,23,26)/t16-/m0/s1. The maximum absolute atomic E-state index is 12.7. The van der Waals surface area contributed by atoms with Crippen LogP contribution >= 0.6 is 0 Å². The molecule has 0 unspecified atom stereocenters. The molecule has 8 heteroatoms. The summed E-state index contributed by atoms with van der Waals surface area (Å²) in [5.41, 5.74) is 2.71. The zero-order chi connectivity index (χ0) is 19.4. The van der Waals surface area contributed by atoms with E-state index < -0.39 is 6.04 Å². The maximum Gasteiger partial charge on any atom is 0.243 e. The molecule has 0 aliphatic carbocycles. The molecule has 0 radical (unpaired) electrons. The summed E-state index contributed by atoms with van der Waals surface area (Å²) in [7, 11) is 0. The number of para-hydroxylation sites is 2. The van der Waals surface area contributed by atoms with E-state index in [9.17, 15) is 9.59 Å². The van der Waals surface area contributed by atoms with Crippen LogP contribution in [-0.2, 0) is 22.6 Å². The Bertz CT molecular complexity index is 929. The first-order valence-corrected chi connectivity index (χ1v) is 8.93. The van der Waals surface area contributed by atoms with Crippen LogP contribution in [-0.4, -0.2) is 37.4 Å². The van der Waals surface area contributed by atoms with Gasteiger partial charge in [0.1, 0.15) is 11.9 Å². The van der Waals surface area contributed by atoms with E-state index in [1.807, 2.05) is 24.3 Å². The van der Waals surface area contributed by atoms with Gasteiger partial charge in [-0.1, -0.05) is 12.1 Å². The molecule has 0 aliphatic rings. The highest BCUT2D eigenvalue weighted by Gasteiger charge is 2.21. The summed E-state index contributed by atoms with van der Waals surface area (Å²) in [4.78, 5) is 35.7. The van der Waals surface area contributed by atoms with Gasteiger partial charge in [0.2, 0.25) is 11.8 Å². The van der Waals surface area contributed by atoms with E-state index in [1.165, 1.54) is 6.92 Å². The van der Waals surface area contributed by atoms with Crippen LogP contribution in [0, 0.1) is 0 Å². The Balaban J connectivity index is 1.76. The third kappa shape index (κ3) is 4.33. The number of hydrogen-bond acceptors (Lipinski definition) is 4. The number of nitrogens with one attached hydrogen (secondary N) is 3. The molecule has 8 nitrogen and oxygen atoms in total. The highest BCUT2D eigenvalue weighted by atomic mass is 16.2. The maximum atomic E-state index is 12.7. The van der Waals surface area contributed by atoms with Gasteiger partial charge in [0.15, 0.2) is 0 Å². The first-order valence-electron chi connectivity index (χ1n) is 8.93. The van der Waals surface area contributed by atoms with Crippen molar-refractivity contribution in [2.75, 3.05) is 0 Å². The molecule has 0 bridgehead atoms. The van der Waals surface area contributed by atoms with Gasteiger partial charge < -0.3 is 20.2 Å². The van der Waals surface area contributed by atoms with Gasteiger partial charge in [-0.15, -0.1) is 0 Å². The number of carbonyl (C=O) groups excluding carboxylic acids is 2. The topological polar surface area (TPSA) is 105 Å². The number of rotatable bonds is 7. The first kappa shape index (κ1) is 18.6. The van der Waals surface area contributed by atoms with E-state index in [2.05, 4.69) is 44.0 Å². The third-order valence-corrected chi connectivity index (χ3v) is 4.28. The highest BCUT2D eigenvalue weighted by molar-refractivity contribution is 5.87. The van der Waals surface area contributed by atoms with Crippen molar-refractivity contribution >= 4 is 22.8 Å². The van der Waals surface area contributed by atoms with E-state index in [4.69, 9.17) is 0 Å². The second-order valence-corrected chi connectivity index (χ2v) is 6.73. The highest BCUT2D eigenvalue weighted by Crippen LogP contribution is 2.20. The number of carbonyl (C=O) groups is 2. The molecule has 142 valence electrons. The van der Waals surface area contributed by atoms with Gasteiger partial charge in [-0.05, 0) is 26.0 Å². The van der Waals surface area contributed by atoms with Gasteiger partial charge in [0.05, 0.1) is 23.9 Å². The van der Waals surface area contributed by atoms with Crippen molar-refractivity contribution in [2.45, 2.75) is 45.8 Å². The lowest BCUT2D eigenvalue weighted by molar-refractivity contribution is -0.128. The Hall–Kier alpha value is -3.16. The molecule has 0 saturated heterocycles. The number of aromatic nitrogens is 4. The van der Waals surface area contributed by atoms with Crippen LogP contribution in [0.25, 0.3) is 11.0 Å².